The zero-order valence-corrected chi connectivity index (χ0v) is 14.1. The summed E-state index contributed by atoms with van der Waals surface area (Å²) in [5.74, 6) is 0.290. The largest absolute Gasteiger partial charge is 0.507 e. The van der Waals surface area contributed by atoms with Crippen LogP contribution >= 0.6 is 0 Å². The van der Waals surface area contributed by atoms with Gasteiger partial charge in [-0.25, -0.2) is 4.79 Å². The number of nitrogens with zero attached hydrogens (tertiary/aromatic N) is 1. The van der Waals surface area contributed by atoms with Crippen molar-refractivity contribution in [2.75, 3.05) is 26.3 Å². The monoisotopic (exact) mass is 329 g/mol. The Kier molecular flexibility index (Phi) is 4.06. The van der Waals surface area contributed by atoms with Crippen molar-refractivity contribution in [1.29, 1.82) is 0 Å². The van der Waals surface area contributed by atoms with E-state index in [4.69, 9.17) is 9.15 Å². The second-order valence-electron chi connectivity index (χ2n) is 6.84. The zero-order chi connectivity index (χ0) is 16.7. The van der Waals surface area contributed by atoms with Crippen molar-refractivity contribution < 1.29 is 14.3 Å². The maximum absolute atomic E-state index is 12.2. The highest BCUT2D eigenvalue weighted by atomic mass is 16.5. The molecule has 2 aromatic rings. The molecule has 0 saturated carbocycles. The Morgan fingerprint density at radius 1 is 1.17 bits per heavy atom. The normalized spacial score (nSPS) is 18.7. The summed E-state index contributed by atoms with van der Waals surface area (Å²) >= 11 is 0. The van der Waals surface area contributed by atoms with Crippen molar-refractivity contribution in [3.8, 4) is 5.75 Å². The van der Waals surface area contributed by atoms with Crippen LogP contribution in [-0.2, 0) is 24.1 Å². The summed E-state index contributed by atoms with van der Waals surface area (Å²) in [6, 6.07) is 1.90. The number of hydrogen-bond donors (Lipinski definition) is 1. The van der Waals surface area contributed by atoms with Gasteiger partial charge in [-0.05, 0) is 49.8 Å². The van der Waals surface area contributed by atoms with Crippen molar-refractivity contribution in [2.24, 2.45) is 0 Å². The number of morpholine rings is 1. The van der Waals surface area contributed by atoms with Gasteiger partial charge in [-0.3, -0.25) is 4.90 Å². The second-order valence-corrected chi connectivity index (χ2v) is 6.84. The molecular weight excluding hydrogens is 306 g/mol. The average Bonchev–Trinajstić information content (AvgIpc) is 2.59. The van der Waals surface area contributed by atoms with Crippen LogP contribution in [0.4, 0.5) is 0 Å². The third-order valence-corrected chi connectivity index (χ3v) is 5.30. The number of ether oxygens (including phenoxy) is 1. The van der Waals surface area contributed by atoms with Gasteiger partial charge in [0.1, 0.15) is 11.3 Å². The smallest absolute Gasteiger partial charge is 0.339 e. The fraction of sp³-hybridized carbons (Fsp3) is 0.526. The summed E-state index contributed by atoms with van der Waals surface area (Å²) in [5, 5.41) is 11.7. The molecule has 0 bridgehead atoms. The van der Waals surface area contributed by atoms with Crippen LogP contribution in [0.15, 0.2) is 15.3 Å². The summed E-state index contributed by atoms with van der Waals surface area (Å²) in [7, 11) is 0. The van der Waals surface area contributed by atoms with E-state index in [-0.39, 0.29) is 5.63 Å². The van der Waals surface area contributed by atoms with Crippen molar-refractivity contribution in [3.05, 3.63) is 38.7 Å². The lowest BCUT2D eigenvalue weighted by molar-refractivity contribution is 0.0338. The lowest BCUT2D eigenvalue weighted by Crippen LogP contribution is -2.35. The Morgan fingerprint density at radius 2 is 1.88 bits per heavy atom. The van der Waals surface area contributed by atoms with Crippen LogP contribution in [0.5, 0.6) is 5.75 Å². The molecular formula is C19H23NO4. The summed E-state index contributed by atoms with van der Waals surface area (Å²) in [5.41, 5.74) is 3.92. The molecule has 24 heavy (non-hydrogen) atoms. The molecule has 0 unspecified atom stereocenters. The molecule has 1 N–H and O–H groups in total. The molecule has 0 atom stereocenters. The highest BCUT2D eigenvalue weighted by Gasteiger charge is 2.23. The minimum atomic E-state index is -0.239. The van der Waals surface area contributed by atoms with Crippen LogP contribution in [0.2, 0.25) is 0 Å². The first kappa shape index (κ1) is 15.7. The van der Waals surface area contributed by atoms with E-state index in [1.54, 1.807) is 0 Å². The van der Waals surface area contributed by atoms with Crippen LogP contribution in [0, 0.1) is 6.92 Å². The number of aromatic hydroxyl groups is 1. The van der Waals surface area contributed by atoms with Crippen LogP contribution in [0.1, 0.15) is 35.1 Å². The first-order valence-electron chi connectivity index (χ1n) is 8.75. The van der Waals surface area contributed by atoms with Crippen molar-refractivity contribution >= 4 is 11.0 Å². The van der Waals surface area contributed by atoms with Crippen molar-refractivity contribution in [3.63, 3.8) is 0 Å². The first-order valence-corrected chi connectivity index (χ1v) is 8.75. The van der Waals surface area contributed by atoms with Gasteiger partial charge in [-0.15, -0.1) is 0 Å². The van der Waals surface area contributed by atoms with Gasteiger partial charge in [0.05, 0.1) is 18.6 Å². The third-order valence-electron chi connectivity index (χ3n) is 5.30. The lowest BCUT2D eigenvalue weighted by Gasteiger charge is -2.28. The topological polar surface area (TPSA) is 62.9 Å². The second kappa shape index (κ2) is 6.22. The van der Waals surface area contributed by atoms with Gasteiger partial charge in [0, 0.05) is 30.8 Å². The summed E-state index contributed by atoms with van der Waals surface area (Å²) in [6.45, 7) is 5.88. The Hall–Kier alpha value is -1.85. The molecule has 2 heterocycles. The lowest BCUT2D eigenvalue weighted by atomic mass is 9.89. The number of hydrogen-bond acceptors (Lipinski definition) is 5. The van der Waals surface area contributed by atoms with E-state index in [9.17, 15) is 9.90 Å². The minimum absolute atomic E-state index is 0.239. The van der Waals surface area contributed by atoms with Gasteiger partial charge in [0.25, 0.3) is 0 Å². The summed E-state index contributed by atoms with van der Waals surface area (Å²) in [4.78, 5) is 14.5. The fourth-order valence-electron chi connectivity index (χ4n) is 3.93. The zero-order valence-electron chi connectivity index (χ0n) is 14.1. The van der Waals surface area contributed by atoms with Gasteiger partial charge < -0.3 is 14.3 Å². The third kappa shape index (κ3) is 2.62. The predicted octanol–water partition coefficient (Wildman–Crippen LogP) is 2.52. The molecule has 1 saturated heterocycles. The van der Waals surface area contributed by atoms with Gasteiger partial charge in [0.2, 0.25) is 0 Å². The van der Waals surface area contributed by atoms with Crippen LogP contribution in [-0.4, -0.2) is 36.3 Å². The Morgan fingerprint density at radius 3 is 2.62 bits per heavy atom. The number of phenols is 1. The molecule has 128 valence electrons. The van der Waals surface area contributed by atoms with E-state index in [1.165, 1.54) is 0 Å². The Bertz CT molecular complexity index is 834. The van der Waals surface area contributed by atoms with Crippen LogP contribution < -0.4 is 5.63 Å². The molecule has 1 aliphatic heterocycles. The quantitative estimate of drug-likeness (QED) is 0.858. The van der Waals surface area contributed by atoms with Crippen LogP contribution in [0.25, 0.3) is 11.0 Å². The van der Waals surface area contributed by atoms with Gasteiger partial charge in [0.15, 0.2) is 0 Å². The Labute approximate surface area is 140 Å². The van der Waals surface area contributed by atoms with Crippen molar-refractivity contribution in [2.45, 2.75) is 39.2 Å². The van der Waals surface area contributed by atoms with Crippen molar-refractivity contribution in [1.82, 2.24) is 4.90 Å². The molecule has 5 nitrogen and oxygen atoms in total. The molecule has 0 amide bonds. The molecule has 1 aromatic heterocycles. The predicted molar refractivity (Wildman–Crippen MR) is 91.6 cm³/mol. The molecule has 4 rings (SSSR count). The highest BCUT2D eigenvalue weighted by Crippen LogP contribution is 2.37. The number of aryl methyl sites for hydroxylation is 2. The molecule has 2 aliphatic rings. The fourth-order valence-corrected chi connectivity index (χ4v) is 3.93. The van der Waals surface area contributed by atoms with E-state index in [0.29, 0.717) is 17.9 Å². The molecule has 1 aromatic carbocycles. The van der Waals surface area contributed by atoms with Crippen LogP contribution in [0.3, 0.4) is 0 Å². The van der Waals surface area contributed by atoms with E-state index < -0.39 is 0 Å². The van der Waals surface area contributed by atoms with Gasteiger partial charge in [-0.1, -0.05) is 0 Å². The van der Waals surface area contributed by atoms with E-state index in [1.807, 2.05) is 13.0 Å². The standard InChI is InChI=1S/C19H23NO4/c1-12-10-16-17(13-4-2-3-5-14(13)19(22)24-16)18(21)15(12)11-20-6-8-23-9-7-20/h10,21H,2-9,11H2,1H3. The number of rotatable bonds is 2. The minimum Gasteiger partial charge on any atom is -0.507 e. The van der Waals surface area contributed by atoms with Gasteiger partial charge >= 0.3 is 5.63 Å². The molecule has 0 spiro atoms. The molecule has 0 radical (unpaired) electrons. The number of fused-ring (bicyclic) bond motifs is 3. The molecule has 5 heteroatoms. The SMILES string of the molecule is Cc1cc2oc(=O)c3c(c2c(O)c1CN1CCOCC1)CCCC3. The Balaban J connectivity index is 1.86. The highest BCUT2D eigenvalue weighted by molar-refractivity contribution is 5.89. The van der Waals surface area contributed by atoms with E-state index >= 15 is 0 Å². The maximum atomic E-state index is 12.2. The van der Waals surface area contributed by atoms with E-state index in [2.05, 4.69) is 4.90 Å². The maximum Gasteiger partial charge on any atom is 0.339 e. The summed E-state index contributed by atoms with van der Waals surface area (Å²) in [6.07, 6.45) is 3.65. The summed E-state index contributed by atoms with van der Waals surface area (Å²) < 4.78 is 10.9. The molecule has 1 fully saturated rings. The van der Waals surface area contributed by atoms with E-state index in [0.717, 1.165) is 79.6 Å². The number of benzene rings is 1. The number of phenolic OH excluding ortho intramolecular Hbond substituents is 1. The molecule has 1 aliphatic carbocycles. The first-order chi connectivity index (χ1) is 11.6. The average molecular weight is 329 g/mol. The van der Waals surface area contributed by atoms with Gasteiger partial charge in [-0.2, -0.15) is 0 Å².